The van der Waals surface area contributed by atoms with Crippen LogP contribution in [-0.2, 0) is 4.79 Å². The van der Waals surface area contributed by atoms with Crippen molar-refractivity contribution in [2.75, 3.05) is 17.6 Å². The van der Waals surface area contributed by atoms with Gasteiger partial charge in [-0.3, -0.25) is 4.79 Å². The van der Waals surface area contributed by atoms with Gasteiger partial charge < -0.3 is 16.4 Å². The van der Waals surface area contributed by atoms with Crippen LogP contribution in [0.4, 0.5) is 15.8 Å². The number of nitrogens with one attached hydrogen (secondary N) is 2. The fraction of sp³-hybridized carbons (Fsp3) is 0.364. The van der Waals surface area contributed by atoms with Crippen LogP contribution >= 0.6 is 0 Å². The fourth-order valence-corrected chi connectivity index (χ4v) is 1.72. The molecule has 1 heterocycles. The number of anilines is 2. The van der Waals surface area contributed by atoms with Crippen molar-refractivity contribution in [3.63, 3.8) is 0 Å². The molecule has 1 aromatic rings. The van der Waals surface area contributed by atoms with Gasteiger partial charge >= 0.3 is 0 Å². The van der Waals surface area contributed by atoms with E-state index in [1.165, 1.54) is 6.07 Å². The second-order valence-corrected chi connectivity index (χ2v) is 3.92. The molecule has 0 saturated carbocycles. The fourth-order valence-electron chi connectivity index (χ4n) is 1.72. The minimum absolute atomic E-state index is 0.0517. The molecule has 1 unspecified atom stereocenters. The lowest BCUT2D eigenvalue weighted by Crippen LogP contribution is -2.42. The van der Waals surface area contributed by atoms with Crippen LogP contribution in [-0.4, -0.2) is 18.5 Å². The van der Waals surface area contributed by atoms with E-state index in [1.54, 1.807) is 12.1 Å². The van der Waals surface area contributed by atoms with Gasteiger partial charge in [-0.15, -0.1) is 0 Å². The zero-order chi connectivity index (χ0) is 11.5. The van der Waals surface area contributed by atoms with E-state index in [1.807, 2.05) is 0 Å². The lowest BCUT2D eigenvalue weighted by Gasteiger charge is -2.24. The van der Waals surface area contributed by atoms with Crippen LogP contribution in [0.2, 0.25) is 0 Å². The number of nitrogens with two attached hydrogens (primary N) is 1. The number of amides is 1. The number of nitrogen functional groups attached to an aromatic ring is 1. The Morgan fingerprint density at radius 3 is 2.94 bits per heavy atom. The van der Waals surface area contributed by atoms with Gasteiger partial charge in [-0.25, -0.2) is 4.39 Å². The Morgan fingerprint density at radius 2 is 2.31 bits per heavy atom. The molecule has 5 heteroatoms. The van der Waals surface area contributed by atoms with Crippen molar-refractivity contribution >= 4 is 17.3 Å². The van der Waals surface area contributed by atoms with Crippen LogP contribution in [0.3, 0.4) is 0 Å². The molecule has 0 aliphatic carbocycles. The maximum absolute atomic E-state index is 13.5. The molecule has 0 spiro atoms. The second-order valence-electron chi connectivity index (χ2n) is 3.92. The van der Waals surface area contributed by atoms with Gasteiger partial charge in [0, 0.05) is 24.7 Å². The van der Waals surface area contributed by atoms with Crippen LogP contribution in [0.1, 0.15) is 12.8 Å². The second kappa shape index (κ2) is 4.38. The molecule has 0 aromatic heterocycles. The first-order chi connectivity index (χ1) is 7.65. The lowest BCUT2D eigenvalue weighted by molar-refractivity contribution is -0.122. The summed E-state index contributed by atoms with van der Waals surface area (Å²) in [7, 11) is 0. The van der Waals surface area contributed by atoms with Crippen molar-refractivity contribution in [2.24, 2.45) is 0 Å². The summed E-state index contributed by atoms with van der Waals surface area (Å²) in [5.41, 5.74) is 6.28. The molecule has 1 amide bonds. The van der Waals surface area contributed by atoms with Gasteiger partial charge in [0.1, 0.15) is 5.82 Å². The molecule has 2 rings (SSSR count). The van der Waals surface area contributed by atoms with Crippen molar-refractivity contribution in [1.82, 2.24) is 5.32 Å². The van der Waals surface area contributed by atoms with E-state index >= 15 is 0 Å². The highest BCUT2D eigenvalue weighted by molar-refractivity contribution is 5.77. The summed E-state index contributed by atoms with van der Waals surface area (Å²) in [5, 5.41) is 5.79. The third kappa shape index (κ3) is 2.42. The molecule has 1 aliphatic rings. The van der Waals surface area contributed by atoms with Gasteiger partial charge in [0.05, 0.1) is 5.69 Å². The van der Waals surface area contributed by atoms with Crippen LogP contribution < -0.4 is 16.4 Å². The molecular formula is C11H14FN3O. The third-order valence-corrected chi connectivity index (χ3v) is 2.62. The topological polar surface area (TPSA) is 67.1 Å². The van der Waals surface area contributed by atoms with Gasteiger partial charge in [0.2, 0.25) is 5.91 Å². The third-order valence-electron chi connectivity index (χ3n) is 2.62. The molecule has 4 N–H and O–H groups in total. The Morgan fingerprint density at radius 1 is 1.50 bits per heavy atom. The molecule has 1 saturated heterocycles. The summed E-state index contributed by atoms with van der Waals surface area (Å²) in [6.07, 6.45) is 1.20. The first-order valence-corrected chi connectivity index (χ1v) is 5.23. The number of piperidine rings is 1. The van der Waals surface area contributed by atoms with E-state index in [-0.39, 0.29) is 17.8 Å². The van der Waals surface area contributed by atoms with Crippen molar-refractivity contribution in [1.29, 1.82) is 0 Å². The number of benzene rings is 1. The van der Waals surface area contributed by atoms with Crippen LogP contribution in [0.25, 0.3) is 0 Å². The summed E-state index contributed by atoms with van der Waals surface area (Å²) >= 11 is 0. The first-order valence-electron chi connectivity index (χ1n) is 5.23. The minimum Gasteiger partial charge on any atom is -0.399 e. The summed E-state index contributed by atoms with van der Waals surface area (Å²) in [5.74, 6) is -0.312. The number of carbonyl (C=O) groups is 1. The first kappa shape index (κ1) is 10.7. The van der Waals surface area contributed by atoms with Gasteiger partial charge in [-0.2, -0.15) is 0 Å². The maximum atomic E-state index is 13.5. The molecule has 1 aromatic carbocycles. The predicted molar refractivity (Wildman–Crippen MR) is 60.5 cm³/mol. The average molecular weight is 223 g/mol. The normalized spacial score (nSPS) is 20.3. The zero-order valence-electron chi connectivity index (χ0n) is 8.79. The summed E-state index contributed by atoms with van der Waals surface area (Å²) in [6.45, 7) is 0.530. The van der Waals surface area contributed by atoms with Crippen molar-refractivity contribution in [2.45, 2.75) is 18.9 Å². The smallest absolute Gasteiger partial charge is 0.220 e. The highest BCUT2D eigenvalue weighted by Crippen LogP contribution is 2.19. The van der Waals surface area contributed by atoms with E-state index in [9.17, 15) is 9.18 Å². The van der Waals surface area contributed by atoms with E-state index in [0.717, 1.165) is 6.42 Å². The summed E-state index contributed by atoms with van der Waals surface area (Å²) < 4.78 is 13.5. The lowest BCUT2D eigenvalue weighted by atomic mass is 10.1. The minimum atomic E-state index is -0.364. The quantitative estimate of drug-likeness (QED) is 0.658. The zero-order valence-corrected chi connectivity index (χ0v) is 8.79. The molecule has 1 fully saturated rings. The Labute approximate surface area is 93.0 Å². The van der Waals surface area contributed by atoms with Gasteiger partial charge in [-0.05, 0) is 24.6 Å². The number of halogens is 1. The van der Waals surface area contributed by atoms with Gasteiger partial charge in [-0.1, -0.05) is 0 Å². The van der Waals surface area contributed by atoms with Gasteiger partial charge in [0.25, 0.3) is 0 Å². The number of carbonyl (C=O) groups excluding carboxylic acids is 1. The predicted octanol–water partition coefficient (Wildman–Crippen LogP) is 1.10. The van der Waals surface area contributed by atoms with Crippen LogP contribution in [0.15, 0.2) is 18.2 Å². The average Bonchev–Trinajstić information content (AvgIpc) is 2.25. The molecule has 0 bridgehead atoms. The summed E-state index contributed by atoms with van der Waals surface area (Å²) in [4.78, 5) is 10.9. The molecule has 86 valence electrons. The van der Waals surface area contributed by atoms with E-state index in [0.29, 0.717) is 24.3 Å². The molecular weight excluding hydrogens is 209 g/mol. The largest absolute Gasteiger partial charge is 0.399 e. The Bertz CT molecular complexity index is 398. The molecule has 16 heavy (non-hydrogen) atoms. The number of hydrogen-bond acceptors (Lipinski definition) is 3. The van der Waals surface area contributed by atoms with Crippen molar-refractivity contribution in [3.05, 3.63) is 24.0 Å². The molecule has 4 nitrogen and oxygen atoms in total. The highest BCUT2D eigenvalue weighted by Gasteiger charge is 2.18. The molecule has 0 radical (unpaired) electrons. The van der Waals surface area contributed by atoms with Gasteiger partial charge in [0.15, 0.2) is 0 Å². The highest BCUT2D eigenvalue weighted by atomic mass is 19.1. The van der Waals surface area contributed by atoms with Crippen LogP contribution in [0, 0.1) is 5.82 Å². The molecule has 1 atom stereocenters. The number of rotatable bonds is 2. The van der Waals surface area contributed by atoms with E-state index in [2.05, 4.69) is 10.6 Å². The van der Waals surface area contributed by atoms with E-state index in [4.69, 9.17) is 5.73 Å². The Kier molecular flexibility index (Phi) is 2.94. The van der Waals surface area contributed by atoms with Crippen molar-refractivity contribution < 1.29 is 9.18 Å². The monoisotopic (exact) mass is 223 g/mol. The Balaban J connectivity index is 2.01. The van der Waals surface area contributed by atoms with Crippen molar-refractivity contribution in [3.8, 4) is 0 Å². The number of hydrogen-bond donors (Lipinski definition) is 3. The summed E-state index contributed by atoms with van der Waals surface area (Å²) in [6, 6.07) is 4.62. The SMILES string of the molecule is Nc1ccc(NC2CCC(=O)NC2)c(F)c1. The van der Waals surface area contributed by atoms with E-state index < -0.39 is 0 Å². The molecule has 1 aliphatic heterocycles. The Hall–Kier alpha value is -1.78. The van der Waals surface area contributed by atoms with Crippen LogP contribution in [0.5, 0.6) is 0 Å². The maximum Gasteiger partial charge on any atom is 0.220 e. The standard InChI is InChI=1S/C11H14FN3O/c12-9-5-7(13)1-3-10(9)15-8-2-4-11(16)14-6-8/h1,3,5,8,15H,2,4,6,13H2,(H,14,16).